The highest BCUT2D eigenvalue weighted by Gasteiger charge is 2.65. The van der Waals surface area contributed by atoms with Crippen LogP contribution in [0.5, 0.6) is 0 Å². The Bertz CT molecular complexity index is 266. The molecule has 0 radical (unpaired) electrons. The third kappa shape index (κ3) is 1.93. The van der Waals surface area contributed by atoms with Gasteiger partial charge in [-0.2, -0.15) is 0 Å². The lowest BCUT2D eigenvalue weighted by Crippen LogP contribution is -2.40. The van der Waals surface area contributed by atoms with E-state index in [4.69, 9.17) is 4.74 Å². The molecule has 2 rings (SSSR count). The molecule has 2 aliphatic rings. The topological polar surface area (TPSA) is 12.5 Å². The van der Waals surface area contributed by atoms with Gasteiger partial charge in [0.2, 0.25) is 0 Å². The van der Waals surface area contributed by atoms with E-state index in [0.29, 0.717) is 23.7 Å². The molecule has 0 amide bonds. The summed E-state index contributed by atoms with van der Waals surface area (Å²) >= 11 is 2.36. The van der Waals surface area contributed by atoms with Crippen molar-refractivity contribution in [2.24, 2.45) is 11.3 Å². The third-order valence-corrected chi connectivity index (χ3v) is 4.88. The Balaban J connectivity index is 2.10. The molecule has 0 heterocycles. The van der Waals surface area contributed by atoms with Gasteiger partial charge in [0.1, 0.15) is 0 Å². The Labute approximate surface area is 107 Å². The summed E-state index contributed by atoms with van der Waals surface area (Å²) in [5.74, 6) is 0.878. The van der Waals surface area contributed by atoms with E-state index in [2.05, 4.69) is 53.3 Å². The fourth-order valence-electron chi connectivity index (χ4n) is 3.05. The molecule has 2 fully saturated rings. The molecule has 0 bridgehead atoms. The second-order valence-electron chi connectivity index (χ2n) is 5.34. The second kappa shape index (κ2) is 3.91. The van der Waals surface area contributed by atoms with Crippen LogP contribution in [-0.2, 0) is 4.74 Å². The molecule has 15 heavy (non-hydrogen) atoms. The number of halogens is 1. The van der Waals surface area contributed by atoms with Crippen molar-refractivity contribution in [2.75, 3.05) is 0 Å². The zero-order valence-corrected chi connectivity index (χ0v) is 11.9. The summed E-state index contributed by atoms with van der Waals surface area (Å²) in [7, 11) is 0. The van der Waals surface area contributed by atoms with E-state index in [1.807, 2.05) is 6.20 Å². The molecule has 0 spiro atoms. The highest BCUT2D eigenvalue weighted by Crippen LogP contribution is 2.65. The fourth-order valence-corrected chi connectivity index (χ4v) is 4.05. The number of hydrogen-bond donors (Lipinski definition) is 0. The minimum atomic E-state index is 0.327. The molecule has 0 aromatic carbocycles. The Hall–Kier alpha value is 0.230. The van der Waals surface area contributed by atoms with Gasteiger partial charge in [-0.25, -0.2) is 0 Å². The molecular weight excluding hydrogens is 301 g/mol. The molecule has 2 aliphatic carbocycles. The van der Waals surface area contributed by atoms with Gasteiger partial charge in [-0.05, 0) is 38.0 Å². The minimum absolute atomic E-state index is 0.327. The molecule has 86 valence electrons. The van der Waals surface area contributed by atoms with Crippen molar-refractivity contribution >= 4 is 22.9 Å². The van der Waals surface area contributed by atoms with Crippen LogP contribution in [0.3, 0.4) is 0 Å². The first-order valence-corrected chi connectivity index (χ1v) is 6.67. The predicted molar refractivity (Wildman–Crippen MR) is 70.7 cm³/mol. The van der Waals surface area contributed by atoms with Gasteiger partial charge >= 0.3 is 0 Å². The van der Waals surface area contributed by atoms with Gasteiger partial charge in [0.25, 0.3) is 0 Å². The monoisotopic (exact) mass is 321 g/mol. The molecule has 2 saturated carbocycles. The van der Waals surface area contributed by atoms with E-state index in [0.717, 1.165) is 5.92 Å². The number of rotatable bonds is 4. The maximum absolute atomic E-state index is 6.02. The lowest BCUT2D eigenvalue weighted by Gasteiger charge is -2.33. The van der Waals surface area contributed by atoms with Gasteiger partial charge in [-0.3, -0.25) is 0 Å². The molecule has 2 nitrogen and oxygen atoms in total. The molecule has 0 saturated heterocycles. The molecule has 0 aliphatic heterocycles. The van der Waals surface area contributed by atoms with Crippen LogP contribution in [0.25, 0.3) is 0 Å². The average Bonchev–Trinajstić information content (AvgIpc) is 2.68. The third-order valence-electron chi connectivity index (χ3n) is 3.89. The van der Waals surface area contributed by atoms with Crippen LogP contribution in [0.2, 0.25) is 0 Å². The van der Waals surface area contributed by atoms with Gasteiger partial charge < -0.3 is 7.85 Å². The van der Waals surface area contributed by atoms with E-state index < -0.39 is 0 Å². The highest BCUT2D eigenvalue weighted by molar-refractivity contribution is 14.1. The molecule has 0 aromatic heterocycles. The van der Waals surface area contributed by atoms with Crippen molar-refractivity contribution in [3.63, 3.8) is 0 Å². The van der Waals surface area contributed by atoms with E-state index in [-0.39, 0.29) is 0 Å². The maximum Gasteiger partial charge on any atom is 0.0798 e. The lowest BCUT2D eigenvalue weighted by molar-refractivity contribution is -0.0225. The van der Waals surface area contributed by atoms with Crippen molar-refractivity contribution < 1.29 is 4.74 Å². The van der Waals surface area contributed by atoms with E-state index >= 15 is 0 Å². The van der Waals surface area contributed by atoms with Gasteiger partial charge in [0, 0.05) is 6.20 Å². The molecular formula is C12H20INO. The van der Waals surface area contributed by atoms with E-state index in [9.17, 15) is 0 Å². The number of nitrogens with zero attached hydrogens (tertiary/aromatic N) is 1. The highest BCUT2D eigenvalue weighted by atomic mass is 127. The van der Waals surface area contributed by atoms with Gasteiger partial charge in [0.05, 0.1) is 41.1 Å². The van der Waals surface area contributed by atoms with Gasteiger partial charge in [0.15, 0.2) is 0 Å². The maximum atomic E-state index is 6.02. The number of ether oxygens (including phenoxy) is 1. The smallest absolute Gasteiger partial charge is 0.0798 e. The van der Waals surface area contributed by atoms with E-state index in [1.165, 1.54) is 12.8 Å². The van der Waals surface area contributed by atoms with Crippen molar-refractivity contribution in [1.29, 1.82) is 0 Å². The minimum Gasteiger partial charge on any atom is -0.373 e. The fraction of sp³-hybridized carbons (Fsp3) is 0.833. The van der Waals surface area contributed by atoms with Crippen LogP contribution in [-0.4, -0.2) is 21.4 Å². The summed E-state index contributed by atoms with van der Waals surface area (Å²) in [6, 6.07) is 0.517. The Kier molecular flexibility index (Phi) is 3.05. The zero-order valence-electron chi connectivity index (χ0n) is 9.74. The second-order valence-corrected chi connectivity index (χ2v) is 6.45. The van der Waals surface area contributed by atoms with Crippen LogP contribution in [0.1, 0.15) is 33.6 Å². The molecule has 0 N–H and O–H groups in total. The quantitative estimate of drug-likeness (QED) is 0.581. The first-order valence-electron chi connectivity index (χ1n) is 5.71. The van der Waals surface area contributed by atoms with Crippen LogP contribution in [0, 0.1) is 11.3 Å². The van der Waals surface area contributed by atoms with Crippen molar-refractivity contribution in [2.45, 2.75) is 51.9 Å². The Morgan fingerprint density at radius 1 is 1.60 bits per heavy atom. The Morgan fingerprint density at radius 3 is 2.80 bits per heavy atom. The van der Waals surface area contributed by atoms with Crippen LogP contribution in [0.15, 0.2) is 12.8 Å². The summed E-state index contributed by atoms with van der Waals surface area (Å²) in [5, 5.41) is 0. The summed E-state index contributed by atoms with van der Waals surface area (Å²) < 4.78 is 8.24. The van der Waals surface area contributed by atoms with Crippen LogP contribution in [0.4, 0.5) is 0 Å². The SMILES string of the molecule is C=CN(I)C1C(OC(C)C)C[C@@H]2CC12C. The summed E-state index contributed by atoms with van der Waals surface area (Å²) in [4.78, 5) is 0. The zero-order chi connectivity index (χ0) is 11.2. The predicted octanol–water partition coefficient (Wildman–Crippen LogP) is 3.37. The summed E-state index contributed by atoms with van der Waals surface area (Å²) in [6.07, 6.45) is 5.24. The van der Waals surface area contributed by atoms with Crippen LogP contribution >= 0.6 is 22.9 Å². The number of fused-ring (bicyclic) bond motifs is 1. The first kappa shape index (κ1) is 11.7. The molecule has 3 unspecified atom stereocenters. The van der Waals surface area contributed by atoms with Gasteiger partial charge in [-0.15, -0.1) is 0 Å². The first-order chi connectivity index (χ1) is 6.99. The lowest BCUT2D eigenvalue weighted by atomic mass is 9.99. The Morgan fingerprint density at radius 2 is 2.27 bits per heavy atom. The van der Waals surface area contributed by atoms with Crippen LogP contribution < -0.4 is 0 Å². The average molecular weight is 321 g/mol. The van der Waals surface area contributed by atoms with E-state index in [1.54, 1.807) is 0 Å². The number of hydrogen-bond acceptors (Lipinski definition) is 2. The largest absolute Gasteiger partial charge is 0.373 e. The van der Waals surface area contributed by atoms with Gasteiger partial charge in [-0.1, -0.05) is 13.5 Å². The molecule has 3 heteroatoms. The normalized spacial score (nSPS) is 42.9. The standard InChI is InChI=1S/C12H20INO/c1-5-14(13)11-10(15-8(2)3)6-9-7-12(9,11)4/h5,8-11H,1,6-7H2,2-4H3/t9-,10?,11?,12?/m1/s1. The molecule has 0 aromatic rings. The summed E-state index contributed by atoms with van der Waals surface area (Å²) in [5.41, 5.74) is 0.481. The summed E-state index contributed by atoms with van der Waals surface area (Å²) in [6.45, 7) is 10.5. The molecule has 4 atom stereocenters. The van der Waals surface area contributed by atoms with Crippen molar-refractivity contribution in [3.05, 3.63) is 12.8 Å². The van der Waals surface area contributed by atoms with Crippen molar-refractivity contribution in [3.8, 4) is 0 Å². The van der Waals surface area contributed by atoms with Crippen molar-refractivity contribution in [1.82, 2.24) is 3.11 Å².